The summed E-state index contributed by atoms with van der Waals surface area (Å²) < 4.78 is 12.5. The van der Waals surface area contributed by atoms with Gasteiger partial charge in [0.1, 0.15) is 5.82 Å². The highest BCUT2D eigenvalue weighted by Crippen LogP contribution is 2.16. The van der Waals surface area contributed by atoms with Gasteiger partial charge >= 0.3 is 0 Å². The fourth-order valence-electron chi connectivity index (χ4n) is 0.767. The van der Waals surface area contributed by atoms with Crippen molar-refractivity contribution in [3.8, 4) is 0 Å². The number of carbonyl (C=O) groups is 1. The molecule has 1 nitrogen and oxygen atoms in total. The number of benzene rings is 1. The maximum absolute atomic E-state index is 12.5. The Morgan fingerprint density at radius 2 is 2.18 bits per heavy atom. The van der Waals surface area contributed by atoms with Crippen LogP contribution < -0.4 is 0 Å². The Balaban J connectivity index is 3.23. The molecule has 0 heterocycles. The SMILES string of the molecule is CC(=O)c1cc(F)ccc1Cl. The highest BCUT2D eigenvalue weighted by Gasteiger charge is 2.05. The summed E-state index contributed by atoms with van der Waals surface area (Å²) in [6.07, 6.45) is 0. The molecule has 0 fully saturated rings. The molecule has 58 valence electrons. The summed E-state index contributed by atoms with van der Waals surface area (Å²) in [5, 5.41) is 0.291. The maximum Gasteiger partial charge on any atom is 0.161 e. The zero-order chi connectivity index (χ0) is 8.43. The molecule has 1 aromatic carbocycles. The first-order valence-electron chi connectivity index (χ1n) is 3.07. The summed E-state index contributed by atoms with van der Waals surface area (Å²) in [7, 11) is 0. The Hall–Kier alpha value is -0.890. The number of hydrogen-bond donors (Lipinski definition) is 0. The Morgan fingerprint density at radius 3 is 2.64 bits per heavy atom. The molecular formula is C8H6ClFO. The summed E-state index contributed by atoms with van der Waals surface area (Å²) >= 11 is 5.60. The molecular weight excluding hydrogens is 167 g/mol. The van der Waals surface area contributed by atoms with Crippen molar-refractivity contribution < 1.29 is 9.18 Å². The Morgan fingerprint density at radius 1 is 1.55 bits per heavy atom. The van der Waals surface area contributed by atoms with Gasteiger partial charge in [-0.2, -0.15) is 0 Å². The van der Waals surface area contributed by atoms with Crippen molar-refractivity contribution in [3.05, 3.63) is 34.6 Å². The van der Waals surface area contributed by atoms with Crippen molar-refractivity contribution in [3.63, 3.8) is 0 Å². The molecule has 0 atom stereocenters. The number of halogens is 2. The van der Waals surface area contributed by atoms with Gasteiger partial charge in [-0.3, -0.25) is 4.79 Å². The minimum absolute atomic E-state index is 0.227. The van der Waals surface area contributed by atoms with Gasteiger partial charge < -0.3 is 0 Å². The fourth-order valence-corrected chi connectivity index (χ4v) is 1.02. The highest BCUT2D eigenvalue weighted by molar-refractivity contribution is 6.33. The minimum atomic E-state index is -0.445. The second-order valence-electron chi connectivity index (χ2n) is 2.18. The smallest absolute Gasteiger partial charge is 0.161 e. The first kappa shape index (κ1) is 8.21. The molecule has 0 spiro atoms. The van der Waals surface area contributed by atoms with E-state index in [1.54, 1.807) is 0 Å². The van der Waals surface area contributed by atoms with Crippen molar-refractivity contribution in [2.45, 2.75) is 6.92 Å². The van der Waals surface area contributed by atoms with Crippen molar-refractivity contribution in [2.24, 2.45) is 0 Å². The Labute approximate surface area is 68.8 Å². The number of carbonyl (C=O) groups excluding carboxylic acids is 1. The predicted molar refractivity (Wildman–Crippen MR) is 41.4 cm³/mol. The lowest BCUT2D eigenvalue weighted by Gasteiger charge is -1.97. The molecule has 0 bridgehead atoms. The molecule has 0 aromatic heterocycles. The summed E-state index contributed by atoms with van der Waals surface area (Å²) in [5.41, 5.74) is 0.228. The van der Waals surface area contributed by atoms with Gasteiger partial charge in [0.2, 0.25) is 0 Å². The summed E-state index contributed by atoms with van der Waals surface area (Å²) in [4.78, 5) is 10.8. The summed E-state index contributed by atoms with van der Waals surface area (Å²) in [5.74, 6) is -0.672. The molecule has 0 aliphatic carbocycles. The second-order valence-corrected chi connectivity index (χ2v) is 2.59. The maximum atomic E-state index is 12.5. The average Bonchev–Trinajstić information content (AvgIpc) is 1.94. The van der Waals surface area contributed by atoms with Gasteiger partial charge in [-0.05, 0) is 25.1 Å². The third-order valence-corrected chi connectivity index (χ3v) is 1.64. The lowest BCUT2D eigenvalue weighted by molar-refractivity contribution is 0.101. The molecule has 1 rings (SSSR count). The Bertz CT molecular complexity index is 296. The lowest BCUT2D eigenvalue weighted by atomic mass is 10.1. The van der Waals surface area contributed by atoms with Crippen LogP contribution in [0.1, 0.15) is 17.3 Å². The van der Waals surface area contributed by atoms with Crippen molar-refractivity contribution in [2.75, 3.05) is 0 Å². The van der Waals surface area contributed by atoms with Crippen LogP contribution in [0.4, 0.5) is 4.39 Å². The van der Waals surface area contributed by atoms with Crippen LogP contribution in [0.25, 0.3) is 0 Å². The van der Waals surface area contributed by atoms with Gasteiger partial charge in [0.05, 0.1) is 5.02 Å². The van der Waals surface area contributed by atoms with Crippen LogP contribution in [0.5, 0.6) is 0 Å². The number of ketones is 1. The molecule has 3 heteroatoms. The van der Waals surface area contributed by atoms with Gasteiger partial charge in [0.25, 0.3) is 0 Å². The molecule has 0 amide bonds. The zero-order valence-electron chi connectivity index (χ0n) is 5.90. The molecule has 1 aromatic rings. The number of rotatable bonds is 1. The standard InChI is InChI=1S/C8H6ClFO/c1-5(11)7-4-6(10)2-3-8(7)9/h2-4H,1H3. The van der Waals surface area contributed by atoms with Crippen LogP contribution in [0.15, 0.2) is 18.2 Å². The van der Waals surface area contributed by atoms with Gasteiger partial charge in [0, 0.05) is 5.56 Å². The quantitative estimate of drug-likeness (QED) is 0.596. The van der Waals surface area contributed by atoms with Crippen LogP contribution >= 0.6 is 11.6 Å². The van der Waals surface area contributed by atoms with E-state index in [1.807, 2.05) is 0 Å². The van der Waals surface area contributed by atoms with Crippen LogP contribution in [0, 0.1) is 5.82 Å². The summed E-state index contributed by atoms with van der Waals surface area (Å²) in [6.45, 7) is 1.35. The highest BCUT2D eigenvalue weighted by atomic mass is 35.5. The van der Waals surface area contributed by atoms with Crippen LogP contribution in [0.2, 0.25) is 5.02 Å². The van der Waals surface area contributed by atoms with Crippen molar-refractivity contribution >= 4 is 17.4 Å². The monoisotopic (exact) mass is 172 g/mol. The lowest BCUT2D eigenvalue weighted by Crippen LogP contribution is -1.93. The van der Waals surface area contributed by atoms with Gasteiger partial charge in [-0.15, -0.1) is 0 Å². The molecule has 0 N–H and O–H groups in total. The molecule has 11 heavy (non-hydrogen) atoms. The van der Waals surface area contributed by atoms with E-state index in [0.29, 0.717) is 5.02 Å². The predicted octanol–water partition coefficient (Wildman–Crippen LogP) is 2.68. The van der Waals surface area contributed by atoms with E-state index in [0.717, 1.165) is 6.07 Å². The summed E-state index contributed by atoms with van der Waals surface area (Å²) in [6, 6.07) is 3.72. The average molecular weight is 173 g/mol. The molecule has 0 aliphatic rings. The topological polar surface area (TPSA) is 17.1 Å². The fraction of sp³-hybridized carbons (Fsp3) is 0.125. The van der Waals surface area contributed by atoms with Crippen molar-refractivity contribution in [1.29, 1.82) is 0 Å². The minimum Gasteiger partial charge on any atom is -0.294 e. The molecule has 0 aliphatic heterocycles. The first-order valence-corrected chi connectivity index (χ1v) is 3.45. The van der Waals surface area contributed by atoms with E-state index < -0.39 is 5.82 Å². The molecule has 0 unspecified atom stereocenters. The zero-order valence-corrected chi connectivity index (χ0v) is 6.65. The number of hydrogen-bond acceptors (Lipinski definition) is 1. The first-order chi connectivity index (χ1) is 5.11. The van der Waals surface area contributed by atoms with E-state index in [1.165, 1.54) is 19.1 Å². The third-order valence-electron chi connectivity index (χ3n) is 1.31. The second kappa shape index (κ2) is 3.01. The molecule has 0 saturated heterocycles. The molecule has 0 saturated carbocycles. The van der Waals surface area contributed by atoms with Crippen LogP contribution in [-0.4, -0.2) is 5.78 Å². The van der Waals surface area contributed by atoms with E-state index in [9.17, 15) is 9.18 Å². The number of Topliss-reactive ketones (excluding diaryl/α,β-unsaturated/α-hetero) is 1. The largest absolute Gasteiger partial charge is 0.294 e. The van der Waals surface area contributed by atoms with Crippen molar-refractivity contribution in [1.82, 2.24) is 0 Å². The van der Waals surface area contributed by atoms with Crippen LogP contribution in [0.3, 0.4) is 0 Å². The van der Waals surface area contributed by atoms with Crippen LogP contribution in [-0.2, 0) is 0 Å². The normalized spacial score (nSPS) is 9.73. The molecule has 0 radical (unpaired) electrons. The van der Waals surface area contributed by atoms with Gasteiger partial charge in [-0.25, -0.2) is 4.39 Å². The van der Waals surface area contributed by atoms with E-state index >= 15 is 0 Å². The van der Waals surface area contributed by atoms with Gasteiger partial charge in [0.15, 0.2) is 5.78 Å². The van der Waals surface area contributed by atoms with E-state index in [4.69, 9.17) is 11.6 Å². The van der Waals surface area contributed by atoms with Gasteiger partial charge in [-0.1, -0.05) is 11.6 Å². The third kappa shape index (κ3) is 1.77. The van der Waals surface area contributed by atoms with E-state index in [-0.39, 0.29) is 11.3 Å². The van der Waals surface area contributed by atoms with E-state index in [2.05, 4.69) is 0 Å². The Kier molecular flexibility index (Phi) is 2.25.